The van der Waals surface area contributed by atoms with Gasteiger partial charge in [-0.15, -0.1) is 0 Å². The number of carbonyl (C=O) groups excluding carboxylic acids is 1. The van der Waals surface area contributed by atoms with Crippen molar-refractivity contribution in [2.75, 3.05) is 13.2 Å². The molecular formula is C14H19NO2. The maximum absolute atomic E-state index is 11.2. The molecule has 0 atom stereocenters. The Morgan fingerprint density at radius 2 is 2.00 bits per heavy atom. The Morgan fingerprint density at radius 3 is 2.59 bits per heavy atom. The average molecular weight is 233 g/mol. The third-order valence-corrected chi connectivity index (χ3v) is 3.12. The molecule has 0 heterocycles. The molecule has 1 aliphatic carbocycles. The largest absolute Gasteiger partial charge is 0.466 e. The lowest BCUT2D eigenvalue weighted by atomic mass is 10.1. The summed E-state index contributed by atoms with van der Waals surface area (Å²) in [6.45, 7) is 3.00. The van der Waals surface area contributed by atoms with E-state index >= 15 is 0 Å². The maximum Gasteiger partial charge on any atom is 0.307 e. The fraction of sp³-hybridized carbons (Fsp3) is 0.500. The monoisotopic (exact) mass is 233 g/mol. The van der Waals surface area contributed by atoms with Crippen molar-refractivity contribution in [1.29, 1.82) is 0 Å². The van der Waals surface area contributed by atoms with E-state index in [1.54, 1.807) is 0 Å². The van der Waals surface area contributed by atoms with Crippen molar-refractivity contribution in [3.63, 3.8) is 0 Å². The summed E-state index contributed by atoms with van der Waals surface area (Å²) < 4.78 is 4.89. The molecule has 0 amide bonds. The van der Waals surface area contributed by atoms with Gasteiger partial charge in [0, 0.05) is 12.6 Å². The zero-order chi connectivity index (χ0) is 12.1. The SMILES string of the molecule is CCOC(=O)CCNC1Cc2ccccc2C1. The molecule has 0 fully saturated rings. The summed E-state index contributed by atoms with van der Waals surface area (Å²) in [7, 11) is 0. The number of esters is 1. The first kappa shape index (κ1) is 12.1. The number of hydrogen-bond donors (Lipinski definition) is 1. The summed E-state index contributed by atoms with van der Waals surface area (Å²) in [6, 6.07) is 9.01. The molecule has 3 heteroatoms. The minimum Gasteiger partial charge on any atom is -0.466 e. The van der Waals surface area contributed by atoms with Gasteiger partial charge in [-0.1, -0.05) is 24.3 Å². The van der Waals surface area contributed by atoms with Gasteiger partial charge in [0.25, 0.3) is 0 Å². The van der Waals surface area contributed by atoms with Gasteiger partial charge in [0.05, 0.1) is 13.0 Å². The number of ether oxygens (including phenoxy) is 1. The molecule has 1 aromatic rings. The Labute approximate surface area is 102 Å². The molecule has 1 N–H and O–H groups in total. The molecule has 0 aromatic heterocycles. The highest BCUT2D eigenvalue weighted by molar-refractivity contribution is 5.69. The molecule has 1 aromatic carbocycles. The average Bonchev–Trinajstić information content (AvgIpc) is 2.71. The number of fused-ring (bicyclic) bond motifs is 1. The second-order valence-corrected chi connectivity index (χ2v) is 4.38. The number of nitrogens with one attached hydrogen (secondary N) is 1. The standard InChI is InChI=1S/C14H19NO2/c1-2-17-14(16)7-8-15-13-9-11-5-3-4-6-12(11)10-13/h3-6,13,15H,2,7-10H2,1H3. The minimum absolute atomic E-state index is 0.115. The molecule has 17 heavy (non-hydrogen) atoms. The van der Waals surface area contributed by atoms with Crippen LogP contribution in [0.1, 0.15) is 24.5 Å². The molecule has 0 unspecified atom stereocenters. The second kappa shape index (κ2) is 5.82. The lowest BCUT2D eigenvalue weighted by molar-refractivity contribution is -0.142. The van der Waals surface area contributed by atoms with Crippen molar-refractivity contribution in [1.82, 2.24) is 5.32 Å². The Kier molecular flexibility index (Phi) is 4.15. The Balaban J connectivity index is 1.72. The lowest BCUT2D eigenvalue weighted by Gasteiger charge is -2.11. The predicted molar refractivity (Wildman–Crippen MR) is 66.9 cm³/mol. The van der Waals surface area contributed by atoms with Crippen molar-refractivity contribution in [2.45, 2.75) is 32.2 Å². The van der Waals surface area contributed by atoms with E-state index in [-0.39, 0.29) is 5.97 Å². The van der Waals surface area contributed by atoms with Gasteiger partial charge in [-0.3, -0.25) is 4.79 Å². The molecule has 3 nitrogen and oxygen atoms in total. The molecule has 92 valence electrons. The van der Waals surface area contributed by atoms with Crippen molar-refractivity contribution in [2.24, 2.45) is 0 Å². The summed E-state index contributed by atoms with van der Waals surface area (Å²) in [5.41, 5.74) is 2.86. The topological polar surface area (TPSA) is 38.3 Å². The number of benzene rings is 1. The summed E-state index contributed by atoms with van der Waals surface area (Å²) in [5.74, 6) is -0.115. The predicted octanol–water partition coefficient (Wildman–Crippen LogP) is 1.70. The van der Waals surface area contributed by atoms with Gasteiger partial charge in [-0.25, -0.2) is 0 Å². The summed E-state index contributed by atoms with van der Waals surface area (Å²) in [4.78, 5) is 11.2. The van der Waals surface area contributed by atoms with Crippen LogP contribution in [0.15, 0.2) is 24.3 Å². The van der Waals surface area contributed by atoms with Crippen molar-refractivity contribution in [3.8, 4) is 0 Å². The highest BCUT2D eigenvalue weighted by Crippen LogP contribution is 2.21. The van der Waals surface area contributed by atoms with Crippen molar-refractivity contribution in [3.05, 3.63) is 35.4 Å². The van der Waals surface area contributed by atoms with Gasteiger partial charge < -0.3 is 10.1 Å². The molecule has 0 aliphatic heterocycles. The summed E-state index contributed by atoms with van der Waals surface area (Å²) >= 11 is 0. The normalized spacial score (nSPS) is 14.6. The van der Waals surface area contributed by atoms with Crippen LogP contribution < -0.4 is 5.32 Å². The van der Waals surface area contributed by atoms with E-state index in [0.717, 1.165) is 12.8 Å². The van der Waals surface area contributed by atoms with Crippen LogP contribution in [0.2, 0.25) is 0 Å². The third-order valence-electron chi connectivity index (χ3n) is 3.12. The lowest BCUT2D eigenvalue weighted by Crippen LogP contribution is -2.31. The van der Waals surface area contributed by atoms with E-state index < -0.39 is 0 Å². The van der Waals surface area contributed by atoms with Gasteiger partial charge in [-0.2, -0.15) is 0 Å². The highest BCUT2D eigenvalue weighted by atomic mass is 16.5. The van der Waals surface area contributed by atoms with E-state index in [4.69, 9.17) is 4.74 Å². The Hall–Kier alpha value is -1.35. The van der Waals surface area contributed by atoms with E-state index in [1.807, 2.05) is 6.92 Å². The number of rotatable bonds is 5. The third kappa shape index (κ3) is 3.30. The van der Waals surface area contributed by atoms with Crippen LogP contribution in [-0.4, -0.2) is 25.2 Å². The van der Waals surface area contributed by atoms with Crippen molar-refractivity contribution >= 4 is 5.97 Å². The zero-order valence-corrected chi connectivity index (χ0v) is 10.2. The second-order valence-electron chi connectivity index (χ2n) is 4.38. The fourth-order valence-corrected chi connectivity index (χ4v) is 2.31. The summed E-state index contributed by atoms with van der Waals surface area (Å²) in [6.07, 6.45) is 2.60. The number of hydrogen-bond acceptors (Lipinski definition) is 3. The Morgan fingerprint density at radius 1 is 1.35 bits per heavy atom. The quantitative estimate of drug-likeness (QED) is 0.787. The molecule has 0 bridgehead atoms. The van der Waals surface area contributed by atoms with Gasteiger partial charge in [0.2, 0.25) is 0 Å². The van der Waals surface area contributed by atoms with Crippen LogP contribution >= 0.6 is 0 Å². The van der Waals surface area contributed by atoms with Crippen LogP contribution in [0, 0.1) is 0 Å². The molecule has 1 aliphatic rings. The molecular weight excluding hydrogens is 214 g/mol. The van der Waals surface area contributed by atoms with E-state index in [0.29, 0.717) is 25.6 Å². The van der Waals surface area contributed by atoms with Gasteiger partial charge in [0.15, 0.2) is 0 Å². The van der Waals surface area contributed by atoms with Crippen LogP contribution in [0.5, 0.6) is 0 Å². The Bertz CT molecular complexity index is 365. The van der Waals surface area contributed by atoms with E-state index in [2.05, 4.69) is 29.6 Å². The minimum atomic E-state index is -0.115. The first-order chi connectivity index (χ1) is 8.29. The molecule has 0 saturated carbocycles. The van der Waals surface area contributed by atoms with E-state index in [9.17, 15) is 4.79 Å². The highest BCUT2D eigenvalue weighted by Gasteiger charge is 2.20. The molecule has 0 saturated heterocycles. The number of carbonyl (C=O) groups is 1. The van der Waals surface area contributed by atoms with Gasteiger partial charge >= 0.3 is 5.97 Å². The van der Waals surface area contributed by atoms with E-state index in [1.165, 1.54) is 11.1 Å². The van der Waals surface area contributed by atoms with Crippen LogP contribution in [0.3, 0.4) is 0 Å². The van der Waals surface area contributed by atoms with Crippen LogP contribution in [-0.2, 0) is 22.4 Å². The zero-order valence-electron chi connectivity index (χ0n) is 10.2. The van der Waals surface area contributed by atoms with Crippen LogP contribution in [0.4, 0.5) is 0 Å². The van der Waals surface area contributed by atoms with Gasteiger partial charge in [-0.05, 0) is 30.9 Å². The smallest absolute Gasteiger partial charge is 0.307 e. The first-order valence-corrected chi connectivity index (χ1v) is 6.25. The molecule has 2 rings (SSSR count). The maximum atomic E-state index is 11.2. The molecule has 0 radical (unpaired) electrons. The first-order valence-electron chi connectivity index (χ1n) is 6.25. The fourth-order valence-electron chi connectivity index (χ4n) is 2.31. The van der Waals surface area contributed by atoms with Crippen molar-refractivity contribution < 1.29 is 9.53 Å². The molecule has 0 spiro atoms. The summed E-state index contributed by atoms with van der Waals surface area (Å²) in [5, 5.41) is 3.42. The van der Waals surface area contributed by atoms with Gasteiger partial charge in [0.1, 0.15) is 0 Å². The van der Waals surface area contributed by atoms with Crippen LogP contribution in [0.25, 0.3) is 0 Å².